The van der Waals surface area contributed by atoms with Gasteiger partial charge in [-0.2, -0.15) is 0 Å². The lowest BCUT2D eigenvalue weighted by atomic mass is 10.1. The predicted molar refractivity (Wildman–Crippen MR) is 40.6 cm³/mol. The molecular weight excluding hydrogens is 128 g/mol. The van der Waals surface area contributed by atoms with E-state index >= 15 is 0 Å². The minimum Gasteiger partial charge on any atom is -0.462 e. The van der Waals surface area contributed by atoms with Gasteiger partial charge in [-0.1, -0.05) is 26.8 Å². The summed E-state index contributed by atoms with van der Waals surface area (Å²) in [6, 6.07) is 0. The van der Waals surface area contributed by atoms with Crippen LogP contribution in [-0.4, -0.2) is 12.6 Å². The highest BCUT2D eigenvalue weighted by atomic mass is 16.5. The van der Waals surface area contributed by atoms with E-state index in [9.17, 15) is 4.79 Å². The van der Waals surface area contributed by atoms with Crippen molar-refractivity contribution in [3.05, 3.63) is 12.7 Å². The number of esters is 1. The molecule has 0 fully saturated rings. The van der Waals surface area contributed by atoms with Crippen molar-refractivity contribution < 1.29 is 9.53 Å². The Balaban J connectivity index is 3.34. The average Bonchev–Trinajstić information content (AvgIpc) is 1.99. The molecule has 0 saturated heterocycles. The molecule has 0 unspecified atom stereocenters. The molecule has 0 aliphatic carbocycles. The molecule has 0 rings (SSSR count). The third kappa shape index (κ3) is 4.13. The van der Waals surface area contributed by atoms with E-state index in [1.54, 1.807) is 0 Å². The number of carbonyl (C=O) groups excluding carboxylic acids is 1. The van der Waals surface area contributed by atoms with Gasteiger partial charge in [-0.15, -0.1) is 0 Å². The van der Waals surface area contributed by atoms with Crippen molar-refractivity contribution in [2.75, 3.05) is 6.61 Å². The highest BCUT2D eigenvalue weighted by Gasteiger charge is 2.00. The van der Waals surface area contributed by atoms with Gasteiger partial charge in [0, 0.05) is 6.08 Å². The highest BCUT2D eigenvalue weighted by molar-refractivity contribution is 5.81. The molecule has 0 aromatic heterocycles. The van der Waals surface area contributed by atoms with Gasteiger partial charge >= 0.3 is 5.97 Å². The number of hydrogen-bond acceptors (Lipinski definition) is 2. The third-order valence-corrected chi connectivity index (χ3v) is 1.37. The molecule has 2 nitrogen and oxygen atoms in total. The standard InChI is InChI=1S/C8H14O2/c1-4-7(3)6-10-8(9)5-2/h5,7H,2,4,6H2,1,3H3/t7-/m1/s1. The number of ether oxygens (including phenoxy) is 1. The van der Waals surface area contributed by atoms with E-state index in [0.717, 1.165) is 6.42 Å². The number of rotatable bonds is 4. The normalized spacial score (nSPS) is 12.2. The van der Waals surface area contributed by atoms with Gasteiger partial charge in [0.25, 0.3) is 0 Å². The molecule has 0 saturated carbocycles. The summed E-state index contributed by atoms with van der Waals surface area (Å²) in [6.07, 6.45) is 2.22. The summed E-state index contributed by atoms with van der Waals surface area (Å²) >= 11 is 0. The largest absolute Gasteiger partial charge is 0.462 e. The fraction of sp³-hybridized carbons (Fsp3) is 0.625. The smallest absolute Gasteiger partial charge is 0.330 e. The van der Waals surface area contributed by atoms with Crippen LogP contribution in [0.2, 0.25) is 0 Å². The molecule has 0 N–H and O–H groups in total. The van der Waals surface area contributed by atoms with Gasteiger partial charge in [0.1, 0.15) is 0 Å². The molecule has 0 radical (unpaired) electrons. The lowest BCUT2D eigenvalue weighted by Gasteiger charge is -2.06. The van der Waals surface area contributed by atoms with Crippen LogP contribution in [0.5, 0.6) is 0 Å². The fourth-order valence-corrected chi connectivity index (χ4v) is 0.401. The second-order valence-electron chi connectivity index (χ2n) is 2.35. The maximum absolute atomic E-state index is 10.5. The molecule has 1 atom stereocenters. The van der Waals surface area contributed by atoms with Crippen LogP contribution in [0.1, 0.15) is 20.3 Å². The molecule has 0 spiro atoms. The highest BCUT2D eigenvalue weighted by Crippen LogP contribution is 2.00. The van der Waals surface area contributed by atoms with E-state index < -0.39 is 0 Å². The van der Waals surface area contributed by atoms with E-state index in [2.05, 4.69) is 13.5 Å². The summed E-state index contributed by atoms with van der Waals surface area (Å²) < 4.78 is 4.79. The molecule has 0 aliphatic rings. The Morgan fingerprint density at radius 1 is 1.80 bits per heavy atom. The van der Waals surface area contributed by atoms with Crippen LogP contribution in [0.15, 0.2) is 12.7 Å². The summed E-state index contributed by atoms with van der Waals surface area (Å²) in [4.78, 5) is 10.5. The zero-order chi connectivity index (χ0) is 7.98. The van der Waals surface area contributed by atoms with Crippen LogP contribution in [0, 0.1) is 5.92 Å². The Kier molecular flexibility index (Phi) is 4.63. The Morgan fingerprint density at radius 3 is 2.80 bits per heavy atom. The first-order valence-electron chi connectivity index (χ1n) is 3.49. The molecule has 0 aromatic rings. The second kappa shape index (κ2) is 5.03. The summed E-state index contributed by atoms with van der Waals surface area (Å²) in [5.41, 5.74) is 0. The van der Waals surface area contributed by atoms with Gasteiger partial charge < -0.3 is 4.74 Å². The third-order valence-electron chi connectivity index (χ3n) is 1.37. The summed E-state index contributed by atoms with van der Waals surface area (Å²) in [6.45, 7) is 7.89. The maximum Gasteiger partial charge on any atom is 0.330 e. The van der Waals surface area contributed by atoms with Crippen LogP contribution in [0.25, 0.3) is 0 Å². The van der Waals surface area contributed by atoms with E-state index in [1.807, 2.05) is 6.92 Å². The SMILES string of the molecule is C=CC(=O)OC[C@H](C)CC. The first-order chi connectivity index (χ1) is 4.70. The van der Waals surface area contributed by atoms with Crippen LogP contribution in [-0.2, 0) is 9.53 Å². The Hall–Kier alpha value is -0.790. The van der Waals surface area contributed by atoms with Crippen molar-refractivity contribution in [3.63, 3.8) is 0 Å². The van der Waals surface area contributed by atoms with Crippen molar-refractivity contribution in [2.45, 2.75) is 20.3 Å². The van der Waals surface area contributed by atoms with E-state index in [-0.39, 0.29) is 5.97 Å². The van der Waals surface area contributed by atoms with Gasteiger partial charge in [0.05, 0.1) is 6.61 Å². The molecule has 0 aliphatic heterocycles. The first kappa shape index (κ1) is 9.21. The summed E-state index contributed by atoms with van der Waals surface area (Å²) in [5, 5.41) is 0. The van der Waals surface area contributed by atoms with Crippen LogP contribution in [0.4, 0.5) is 0 Å². The van der Waals surface area contributed by atoms with Crippen LogP contribution in [0.3, 0.4) is 0 Å². The quantitative estimate of drug-likeness (QED) is 0.441. The van der Waals surface area contributed by atoms with Gasteiger partial charge in [-0.25, -0.2) is 4.79 Å². The maximum atomic E-state index is 10.5. The topological polar surface area (TPSA) is 26.3 Å². The fourth-order valence-electron chi connectivity index (χ4n) is 0.401. The summed E-state index contributed by atoms with van der Waals surface area (Å²) in [7, 11) is 0. The molecule has 0 amide bonds. The van der Waals surface area contributed by atoms with Crippen LogP contribution >= 0.6 is 0 Å². The molecular formula is C8H14O2. The van der Waals surface area contributed by atoms with Crippen molar-refractivity contribution in [3.8, 4) is 0 Å². The predicted octanol–water partition coefficient (Wildman–Crippen LogP) is 1.76. The van der Waals surface area contributed by atoms with E-state index in [1.165, 1.54) is 6.08 Å². The van der Waals surface area contributed by atoms with Gasteiger partial charge in [0.15, 0.2) is 0 Å². The minimum absolute atomic E-state index is 0.333. The van der Waals surface area contributed by atoms with Gasteiger partial charge in [-0.3, -0.25) is 0 Å². The van der Waals surface area contributed by atoms with Gasteiger partial charge in [-0.05, 0) is 5.92 Å². The van der Waals surface area contributed by atoms with Crippen molar-refractivity contribution >= 4 is 5.97 Å². The van der Waals surface area contributed by atoms with Gasteiger partial charge in [0.2, 0.25) is 0 Å². The van der Waals surface area contributed by atoms with E-state index in [0.29, 0.717) is 12.5 Å². The number of hydrogen-bond donors (Lipinski definition) is 0. The Bertz CT molecular complexity index is 118. The summed E-state index contributed by atoms with van der Waals surface area (Å²) in [5.74, 6) is 0.115. The number of carbonyl (C=O) groups is 1. The molecule has 2 heteroatoms. The molecule has 0 heterocycles. The monoisotopic (exact) mass is 142 g/mol. The molecule has 0 bridgehead atoms. The molecule has 58 valence electrons. The van der Waals surface area contributed by atoms with Crippen molar-refractivity contribution in [2.24, 2.45) is 5.92 Å². The molecule has 0 aromatic carbocycles. The van der Waals surface area contributed by atoms with Crippen molar-refractivity contribution in [1.82, 2.24) is 0 Å². The zero-order valence-corrected chi connectivity index (χ0v) is 6.59. The minimum atomic E-state index is -0.333. The first-order valence-corrected chi connectivity index (χ1v) is 3.49. The molecule has 10 heavy (non-hydrogen) atoms. The van der Waals surface area contributed by atoms with E-state index in [4.69, 9.17) is 4.74 Å². The average molecular weight is 142 g/mol. The Labute approximate surface area is 61.9 Å². The lowest BCUT2D eigenvalue weighted by molar-refractivity contribution is -0.138. The zero-order valence-electron chi connectivity index (χ0n) is 6.59. The lowest BCUT2D eigenvalue weighted by Crippen LogP contribution is -2.08. The van der Waals surface area contributed by atoms with Crippen molar-refractivity contribution in [1.29, 1.82) is 0 Å². The second-order valence-corrected chi connectivity index (χ2v) is 2.35. The Morgan fingerprint density at radius 2 is 2.40 bits per heavy atom. The van der Waals surface area contributed by atoms with Crippen LogP contribution < -0.4 is 0 Å².